The number of nitrogens with zero attached hydrogens (tertiary/aromatic N) is 7. The molecule has 0 saturated heterocycles. The van der Waals surface area contributed by atoms with Crippen molar-refractivity contribution in [1.82, 2.24) is 28.7 Å². The van der Waals surface area contributed by atoms with Gasteiger partial charge in [0.15, 0.2) is 0 Å². The zero-order valence-electron chi connectivity index (χ0n) is 56.9. The van der Waals surface area contributed by atoms with Gasteiger partial charge in [0.2, 0.25) is 0 Å². The maximum absolute atomic E-state index is 5.07. The predicted molar refractivity (Wildman–Crippen MR) is 404 cm³/mol. The minimum atomic E-state index is 0.298. The zero-order chi connectivity index (χ0) is 66.4. The van der Waals surface area contributed by atoms with E-state index in [1.807, 2.05) is 24.7 Å². The molecule has 0 fully saturated rings. The first-order valence-corrected chi connectivity index (χ1v) is 34.4. The van der Waals surface area contributed by atoms with E-state index in [1.54, 1.807) is 0 Å². The summed E-state index contributed by atoms with van der Waals surface area (Å²) in [5.74, 6) is 4.75. The normalized spacial score (nSPS) is 11.6. The predicted octanol–water partition coefficient (Wildman–Crippen LogP) is 24.9. The van der Waals surface area contributed by atoms with Crippen LogP contribution in [0.4, 0.5) is 17.1 Å². The fraction of sp³-hybridized carbons (Fsp3) is 0.207. The fourth-order valence-corrected chi connectivity index (χ4v) is 13.6. The molecule has 13 rings (SSSR count). The second-order valence-corrected chi connectivity index (χ2v) is 27.6. The first-order chi connectivity index (χ1) is 46.0. The van der Waals surface area contributed by atoms with E-state index in [0.717, 1.165) is 55.7 Å². The van der Waals surface area contributed by atoms with Gasteiger partial charge in [0.25, 0.3) is 0 Å². The van der Waals surface area contributed by atoms with Crippen LogP contribution >= 0.6 is 15.9 Å². The van der Waals surface area contributed by atoms with Crippen LogP contribution in [0.1, 0.15) is 152 Å². The van der Waals surface area contributed by atoms with E-state index in [4.69, 9.17) is 15.0 Å². The van der Waals surface area contributed by atoms with Gasteiger partial charge >= 0.3 is 0 Å². The van der Waals surface area contributed by atoms with E-state index < -0.39 is 0 Å². The molecule has 0 radical (unpaired) electrons. The number of para-hydroxylation sites is 1. The molecule has 8 heteroatoms. The van der Waals surface area contributed by atoms with Crippen LogP contribution in [0.2, 0.25) is 0 Å². The number of hydrogen-bond acceptors (Lipinski definition) is 4. The summed E-state index contributed by atoms with van der Waals surface area (Å²) in [6.07, 6.45) is 12.1. The Hall–Kier alpha value is -9.89. The number of anilines is 3. The summed E-state index contributed by atoms with van der Waals surface area (Å²) < 4.78 is 7.95. The third-order valence-corrected chi connectivity index (χ3v) is 18.5. The summed E-state index contributed by atoms with van der Waals surface area (Å²) in [5, 5.41) is 0. The van der Waals surface area contributed by atoms with Crippen LogP contribution in [0.5, 0.6) is 0 Å². The lowest BCUT2D eigenvalue weighted by molar-refractivity contribution is 0.807. The molecule has 0 atom stereocenters. The van der Waals surface area contributed by atoms with Crippen LogP contribution in [0.15, 0.2) is 272 Å². The molecule has 0 aliphatic heterocycles. The van der Waals surface area contributed by atoms with Gasteiger partial charge in [0.05, 0.1) is 17.1 Å². The Balaban J connectivity index is 0.000000240. The highest BCUT2D eigenvalue weighted by atomic mass is 79.9. The van der Waals surface area contributed by atoms with Crippen molar-refractivity contribution >= 4 is 33.0 Å². The van der Waals surface area contributed by atoms with Gasteiger partial charge in [-0.15, -0.1) is 0 Å². The van der Waals surface area contributed by atoms with Gasteiger partial charge in [-0.2, -0.15) is 0 Å². The highest BCUT2D eigenvalue weighted by Gasteiger charge is 2.26. The monoisotopic (exact) mass is 1310 g/mol. The minimum absolute atomic E-state index is 0.298. The topological polar surface area (TPSA) is 56.7 Å². The van der Waals surface area contributed by atoms with Gasteiger partial charge in [-0.25, -0.2) is 15.0 Å². The third-order valence-electron chi connectivity index (χ3n) is 18.0. The van der Waals surface area contributed by atoms with Crippen molar-refractivity contribution in [3.05, 3.63) is 306 Å². The van der Waals surface area contributed by atoms with Gasteiger partial charge < -0.3 is 4.90 Å². The molecule has 3 aromatic heterocycles. The summed E-state index contributed by atoms with van der Waals surface area (Å²) >= 11 is 3.60. The summed E-state index contributed by atoms with van der Waals surface area (Å²) in [4.78, 5) is 17.2. The van der Waals surface area contributed by atoms with Gasteiger partial charge in [-0.3, -0.25) is 13.7 Å². The second kappa shape index (κ2) is 28.8. The molecule has 13 aromatic rings. The summed E-state index contributed by atoms with van der Waals surface area (Å²) in [5.41, 5.74) is 25.4. The van der Waals surface area contributed by atoms with Crippen LogP contribution in [0.3, 0.4) is 0 Å². The summed E-state index contributed by atoms with van der Waals surface area (Å²) in [7, 11) is 0. The molecule has 0 aliphatic rings. The Labute approximate surface area is 571 Å². The molecule has 3 heterocycles. The van der Waals surface area contributed by atoms with Gasteiger partial charge in [0.1, 0.15) is 17.5 Å². The number of rotatable bonds is 18. The molecule has 0 amide bonds. The maximum atomic E-state index is 5.07. The average Bonchev–Trinajstić information content (AvgIpc) is 1.77. The summed E-state index contributed by atoms with van der Waals surface area (Å²) in [6.45, 7) is 27.4. The average molecular weight is 1310 g/mol. The van der Waals surface area contributed by atoms with E-state index in [0.29, 0.717) is 35.5 Å². The maximum Gasteiger partial charge on any atom is 0.144 e. The lowest BCUT2D eigenvalue weighted by Gasteiger charge is -2.27. The Morgan fingerprint density at radius 2 is 0.516 bits per heavy atom. The number of hydrogen-bond donors (Lipinski definition) is 0. The van der Waals surface area contributed by atoms with Crippen LogP contribution in [0.25, 0.3) is 84.6 Å². The van der Waals surface area contributed by atoms with Gasteiger partial charge in [-0.05, 0) is 187 Å². The molecular formula is C87H86BrN7. The molecule has 0 unspecified atom stereocenters. The largest absolute Gasteiger partial charge is 0.310 e. The van der Waals surface area contributed by atoms with Crippen LogP contribution in [0, 0.1) is 0 Å². The Morgan fingerprint density at radius 3 is 0.800 bits per heavy atom. The van der Waals surface area contributed by atoms with E-state index in [1.165, 1.54) is 83.8 Å². The molecular weight excluding hydrogens is 1220 g/mol. The molecule has 0 spiro atoms. The molecule has 0 bridgehead atoms. The van der Waals surface area contributed by atoms with Gasteiger partial charge in [-0.1, -0.05) is 245 Å². The molecule has 7 nitrogen and oxygen atoms in total. The van der Waals surface area contributed by atoms with E-state index in [-0.39, 0.29) is 0 Å². The second-order valence-electron chi connectivity index (χ2n) is 26.7. The lowest BCUT2D eigenvalue weighted by Crippen LogP contribution is -2.11. The minimum Gasteiger partial charge on any atom is -0.310 e. The van der Waals surface area contributed by atoms with Crippen molar-refractivity contribution in [1.29, 1.82) is 0 Å². The number of aromatic nitrogens is 6. The van der Waals surface area contributed by atoms with Crippen molar-refractivity contribution in [2.75, 3.05) is 4.90 Å². The molecule has 95 heavy (non-hydrogen) atoms. The first-order valence-electron chi connectivity index (χ1n) is 33.7. The van der Waals surface area contributed by atoms with Crippen molar-refractivity contribution in [2.24, 2.45) is 0 Å². The lowest BCUT2D eigenvalue weighted by atomic mass is 9.88. The molecule has 0 aliphatic carbocycles. The van der Waals surface area contributed by atoms with Gasteiger partial charge in [0, 0.05) is 75.4 Å². The first kappa shape index (κ1) is 65.2. The summed E-state index contributed by atoms with van der Waals surface area (Å²) in [6, 6.07) is 83.0. The van der Waals surface area contributed by atoms with Crippen molar-refractivity contribution in [2.45, 2.75) is 119 Å². The van der Waals surface area contributed by atoms with Crippen LogP contribution in [-0.2, 0) is 0 Å². The van der Waals surface area contributed by atoms with E-state index >= 15 is 0 Å². The molecule has 10 aromatic carbocycles. The SMILES string of the molecule is CC(C)c1cc(-c2ccccc2)cc(C(C)C)c1-n1ccnc1-c1cccc(Br)c1.CC(C)c1cc(-c2ccccc2)cc(C(C)C)c1-n1ccnc1-c1cccc(N(c2ccccc2)c2cccc(-c3nccn3-c3c(C(C)C)cc(-c4ccccc4)cc3C(C)C)c2)c1. The zero-order valence-corrected chi connectivity index (χ0v) is 58.5. The van der Waals surface area contributed by atoms with Crippen molar-refractivity contribution in [3.63, 3.8) is 0 Å². The number of benzene rings is 10. The molecule has 476 valence electrons. The van der Waals surface area contributed by atoms with E-state index in [9.17, 15) is 0 Å². The number of imidazole rings is 3. The highest BCUT2D eigenvalue weighted by molar-refractivity contribution is 9.10. The van der Waals surface area contributed by atoms with Crippen LogP contribution in [-0.4, -0.2) is 28.7 Å². The smallest absolute Gasteiger partial charge is 0.144 e. The molecule has 0 saturated carbocycles. The standard InChI is InChI=1S/C60H59N5.C27H27BrN2/c1-40(2)53-36-48(44-20-12-9-13-21-44)37-54(41(3)4)57(53)63-32-30-61-59(63)46-24-18-28-51(34-46)65(50-26-16-11-17-27-50)52-29-19-25-47(35-52)60-62-31-33-64(60)58-55(42(5)6)38-49(39-56(58)43(7)8)45-22-14-10-15-23-45;1-18(2)24-16-22(20-9-6-5-7-10-20)17-25(19(3)4)26(24)30-14-13-29-27(30)21-11-8-12-23(28)15-21/h9-43H,1-8H3;5-19H,1-4H3. The van der Waals surface area contributed by atoms with Crippen molar-refractivity contribution < 1.29 is 0 Å². The highest BCUT2D eigenvalue weighted by Crippen LogP contribution is 2.44. The quantitative estimate of drug-likeness (QED) is 0.0859. The Bertz CT molecular complexity index is 4470. The Kier molecular flexibility index (Phi) is 19.7. The number of halogens is 1. The Morgan fingerprint density at radius 1 is 0.263 bits per heavy atom. The third kappa shape index (κ3) is 13.9. The fourth-order valence-electron chi connectivity index (χ4n) is 13.2. The molecule has 0 N–H and O–H groups in total. The van der Waals surface area contributed by atoms with Crippen LogP contribution < -0.4 is 4.90 Å². The van der Waals surface area contributed by atoms with Crippen molar-refractivity contribution in [3.8, 4) is 84.6 Å². The van der Waals surface area contributed by atoms with E-state index in [2.05, 4.69) is 361 Å².